The summed E-state index contributed by atoms with van der Waals surface area (Å²) in [5.41, 5.74) is 10.9. The first-order valence-corrected chi connectivity index (χ1v) is 9.85. The van der Waals surface area contributed by atoms with Crippen LogP contribution in [0.2, 0.25) is 0 Å². The van der Waals surface area contributed by atoms with Gasteiger partial charge >= 0.3 is 0 Å². The van der Waals surface area contributed by atoms with Crippen molar-refractivity contribution in [3.8, 4) is 11.1 Å². The molecule has 1 aromatic heterocycles. The summed E-state index contributed by atoms with van der Waals surface area (Å²) in [6, 6.07) is 16.8. The van der Waals surface area contributed by atoms with Crippen molar-refractivity contribution in [3.63, 3.8) is 0 Å². The van der Waals surface area contributed by atoms with Gasteiger partial charge in [-0.3, -0.25) is 4.79 Å². The summed E-state index contributed by atoms with van der Waals surface area (Å²) in [7, 11) is 0. The molecule has 0 atom stereocenters. The minimum Gasteiger partial charge on any atom is -0.366 e. The monoisotopic (exact) mass is 378 g/mol. The highest BCUT2D eigenvalue weighted by Crippen LogP contribution is 2.34. The summed E-state index contributed by atoms with van der Waals surface area (Å²) >= 11 is 0. The van der Waals surface area contributed by atoms with E-state index in [-0.39, 0.29) is 5.82 Å². The molecule has 2 aromatic carbocycles. The van der Waals surface area contributed by atoms with Crippen molar-refractivity contribution in [1.29, 1.82) is 0 Å². The summed E-state index contributed by atoms with van der Waals surface area (Å²) in [5, 5.41) is 0. The molecule has 28 heavy (non-hydrogen) atoms. The Morgan fingerprint density at radius 2 is 1.71 bits per heavy atom. The van der Waals surface area contributed by atoms with E-state index < -0.39 is 5.91 Å². The molecular formula is C24H27FN2O. The number of carbonyl (C=O) groups is 1. The molecule has 0 aliphatic heterocycles. The van der Waals surface area contributed by atoms with Crippen LogP contribution < -0.4 is 5.73 Å². The number of carbonyl (C=O) groups excluding carboxylic acids is 1. The molecular weight excluding hydrogens is 351 g/mol. The lowest BCUT2D eigenvalue weighted by Gasteiger charge is -2.14. The maximum absolute atomic E-state index is 14.1. The minimum atomic E-state index is -0.418. The predicted molar refractivity (Wildman–Crippen MR) is 112 cm³/mol. The van der Waals surface area contributed by atoms with E-state index in [4.69, 9.17) is 5.73 Å². The second-order valence-corrected chi connectivity index (χ2v) is 7.11. The molecule has 0 saturated heterocycles. The number of aryl methyl sites for hydroxylation is 1. The number of primary amides is 1. The third-order valence-electron chi connectivity index (χ3n) is 5.27. The lowest BCUT2D eigenvalue weighted by Crippen LogP contribution is -2.14. The van der Waals surface area contributed by atoms with Gasteiger partial charge in [0.05, 0.1) is 5.56 Å². The van der Waals surface area contributed by atoms with Gasteiger partial charge in [0.1, 0.15) is 5.82 Å². The van der Waals surface area contributed by atoms with Crippen LogP contribution in [0.1, 0.15) is 47.1 Å². The fourth-order valence-corrected chi connectivity index (χ4v) is 3.86. The highest BCUT2D eigenvalue weighted by atomic mass is 19.1. The molecule has 1 amide bonds. The summed E-state index contributed by atoms with van der Waals surface area (Å²) in [5.74, 6) is -0.612. The van der Waals surface area contributed by atoms with Gasteiger partial charge in [0.25, 0.3) is 5.91 Å². The third-order valence-corrected chi connectivity index (χ3v) is 5.27. The molecule has 0 spiro atoms. The van der Waals surface area contributed by atoms with E-state index in [1.807, 2.05) is 49.4 Å². The highest BCUT2D eigenvalue weighted by molar-refractivity contribution is 6.02. The van der Waals surface area contributed by atoms with Crippen LogP contribution >= 0.6 is 0 Å². The van der Waals surface area contributed by atoms with Crippen LogP contribution in [0.25, 0.3) is 11.1 Å². The first-order valence-electron chi connectivity index (χ1n) is 9.85. The van der Waals surface area contributed by atoms with Crippen molar-refractivity contribution in [2.24, 2.45) is 5.73 Å². The van der Waals surface area contributed by atoms with Crippen LogP contribution in [0.4, 0.5) is 4.39 Å². The second kappa shape index (κ2) is 8.87. The standard InChI is InChI=1S/C24H27FN2O/c1-3-4-14-21-23(19-11-6-5-7-12-19)22(24(26)28)17(2)27(21)16-15-18-10-8-9-13-20(18)25/h5-13H,3-4,14-16H2,1-2H3,(H2,26,28). The number of hydrogen-bond acceptors (Lipinski definition) is 1. The number of nitrogens with two attached hydrogens (primary N) is 1. The molecule has 0 radical (unpaired) electrons. The SMILES string of the molecule is CCCCc1c(-c2ccccc2)c(C(N)=O)c(C)n1CCc1ccccc1F. The van der Waals surface area contributed by atoms with Gasteiger partial charge in [-0.1, -0.05) is 61.9 Å². The summed E-state index contributed by atoms with van der Waals surface area (Å²) in [6.45, 7) is 4.69. The number of benzene rings is 2. The van der Waals surface area contributed by atoms with Gasteiger partial charge in [0.15, 0.2) is 0 Å². The van der Waals surface area contributed by atoms with Crippen LogP contribution in [0.5, 0.6) is 0 Å². The number of halogens is 1. The van der Waals surface area contributed by atoms with E-state index in [0.717, 1.165) is 41.8 Å². The Hall–Kier alpha value is -2.88. The quantitative estimate of drug-likeness (QED) is 0.569. The molecule has 3 aromatic rings. The fraction of sp³-hybridized carbons (Fsp3) is 0.292. The van der Waals surface area contributed by atoms with Crippen molar-refractivity contribution in [1.82, 2.24) is 4.57 Å². The Kier molecular flexibility index (Phi) is 6.30. The second-order valence-electron chi connectivity index (χ2n) is 7.11. The molecule has 0 saturated carbocycles. The van der Waals surface area contributed by atoms with Gasteiger partial charge in [-0.2, -0.15) is 0 Å². The van der Waals surface area contributed by atoms with E-state index in [0.29, 0.717) is 24.1 Å². The van der Waals surface area contributed by atoms with E-state index in [2.05, 4.69) is 11.5 Å². The zero-order chi connectivity index (χ0) is 20.1. The van der Waals surface area contributed by atoms with E-state index in [9.17, 15) is 9.18 Å². The van der Waals surface area contributed by atoms with E-state index in [1.54, 1.807) is 6.07 Å². The van der Waals surface area contributed by atoms with Crippen molar-refractivity contribution in [2.45, 2.75) is 46.1 Å². The molecule has 1 heterocycles. The molecule has 3 nitrogen and oxygen atoms in total. The third kappa shape index (κ3) is 4.01. The zero-order valence-corrected chi connectivity index (χ0v) is 16.5. The molecule has 0 unspecified atom stereocenters. The van der Waals surface area contributed by atoms with Gasteiger partial charge in [-0.25, -0.2) is 4.39 Å². The van der Waals surface area contributed by atoms with Crippen LogP contribution in [0, 0.1) is 12.7 Å². The lowest BCUT2D eigenvalue weighted by atomic mass is 9.97. The Bertz CT molecular complexity index is 960. The predicted octanol–water partition coefficient (Wildman–Crippen LogP) is 5.29. The number of unbranched alkanes of at least 4 members (excludes halogenated alkanes) is 1. The maximum atomic E-state index is 14.1. The van der Waals surface area contributed by atoms with Gasteiger partial charge in [-0.05, 0) is 43.4 Å². The fourth-order valence-electron chi connectivity index (χ4n) is 3.86. The van der Waals surface area contributed by atoms with Crippen molar-refractivity contribution < 1.29 is 9.18 Å². The molecule has 146 valence electrons. The van der Waals surface area contributed by atoms with Crippen molar-refractivity contribution >= 4 is 5.91 Å². The molecule has 4 heteroatoms. The molecule has 3 rings (SSSR count). The largest absolute Gasteiger partial charge is 0.366 e. The average molecular weight is 378 g/mol. The molecule has 0 bridgehead atoms. The zero-order valence-electron chi connectivity index (χ0n) is 16.5. The van der Waals surface area contributed by atoms with Gasteiger partial charge in [-0.15, -0.1) is 0 Å². The number of aromatic nitrogens is 1. The van der Waals surface area contributed by atoms with Gasteiger partial charge in [0, 0.05) is 23.5 Å². The number of hydrogen-bond donors (Lipinski definition) is 1. The Morgan fingerprint density at radius 1 is 1.04 bits per heavy atom. The first kappa shape index (κ1) is 19.9. The number of nitrogens with zero attached hydrogens (tertiary/aromatic N) is 1. The summed E-state index contributed by atoms with van der Waals surface area (Å²) in [4.78, 5) is 12.3. The summed E-state index contributed by atoms with van der Waals surface area (Å²) < 4.78 is 16.2. The normalized spacial score (nSPS) is 11.0. The smallest absolute Gasteiger partial charge is 0.251 e. The van der Waals surface area contributed by atoms with Crippen molar-refractivity contribution in [3.05, 3.63) is 82.9 Å². The Morgan fingerprint density at radius 3 is 2.36 bits per heavy atom. The maximum Gasteiger partial charge on any atom is 0.251 e. The molecule has 0 aliphatic rings. The topological polar surface area (TPSA) is 48.0 Å². The lowest BCUT2D eigenvalue weighted by molar-refractivity contribution is 0.1000. The average Bonchev–Trinajstić information content (AvgIpc) is 2.98. The van der Waals surface area contributed by atoms with Gasteiger partial charge < -0.3 is 10.3 Å². The number of amides is 1. The number of rotatable bonds is 8. The van der Waals surface area contributed by atoms with E-state index >= 15 is 0 Å². The Balaban J connectivity index is 2.10. The highest BCUT2D eigenvalue weighted by Gasteiger charge is 2.24. The van der Waals surface area contributed by atoms with Crippen LogP contribution in [-0.2, 0) is 19.4 Å². The van der Waals surface area contributed by atoms with Crippen LogP contribution in [0.15, 0.2) is 54.6 Å². The Labute approximate surface area is 166 Å². The van der Waals surface area contributed by atoms with Gasteiger partial charge in [0.2, 0.25) is 0 Å². The van der Waals surface area contributed by atoms with Crippen molar-refractivity contribution in [2.75, 3.05) is 0 Å². The first-order chi connectivity index (χ1) is 13.5. The minimum absolute atomic E-state index is 0.194. The molecule has 2 N–H and O–H groups in total. The van der Waals surface area contributed by atoms with E-state index in [1.165, 1.54) is 6.07 Å². The molecule has 0 fully saturated rings. The summed E-state index contributed by atoms with van der Waals surface area (Å²) in [6.07, 6.45) is 3.48. The molecule has 0 aliphatic carbocycles. The van der Waals surface area contributed by atoms with Crippen LogP contribution in [-0.4, -0.2) is 10.5 Å². The van der Waals surface area contributed by atoms with Crippen LogP contribution in [0.3, 0.4) is 0 Å².